The van der Waals surface area contributed by atoms with Crippen molar-refractivity contribution in [3.63, 3.8) is 0 Å². The van der Waals surface area contributed by atoms with E-state index in [0.717, 1.165) is 18.4 Å². The molecule has 30 heavy (non-hydrogen) atoms. The van der Waals surface area contributed by atoms with Gasteiger partial charge in [0.15, 0.2) is 11.8 Å². The number of halogens is 2. The Labute approximate surface area is 181 Å². The van der Waals surface area contributed by atoms with Gasteiger partial charge in [0.1, 0.15) is 5.76 Å². The smallest absolute Gasteiger partial charge is 0.195 e. The maximum atomic E-state index is 15.3. The molecule has 0 fully saturated rings. The molecule has 0 heterocycles. The van der Waals surface area contributed by atoms with Crippen LogP contribution in [0.3, 0.4) is 0 Å². The van der Waals surface area contributed by atoms with Crippen LogP contribution in [-0.4, -0.2) is 19.0 Å². The summed E-state index contributed by atoms with van der Waals surface area (Å²) >= 11 is 0. The summed E-state index contributed by atoms with van der Waals surface area (Å²) in [6, 6.07) is 9.45. The van der Waals surface area contributed by atoms with Crippen LogP contribution in [0.2, 0.25) is 0 Å². The molecule has 0 spiro atoms. The first-order valence-corrected chi connectivity index (χ1v) is 11.5. The quantitative estimate of drug-likeness (QED) is 0.250. The Morgan fingerprint density at radius 3 is 2.10 bits per heavy atom. The zero-order valence-corrected chi connectivity index (χ0v) is 18.6. The van der Waals surface area contributed by atoms with Crippen LogP contribution in [-0.2, 0) is 4.74 Å². The van der Waals surface area contributed by atoms with Crippen LogP contribution in [0.25, 0.3) is 0 Å². The summed E-state index contributed by atoms with van der Waals surface area (Å²) in [5.74, 6) is 5.91. The fourth-order valence-corrected chi connectivity index (χ4v) is 3.81. The van der Waals surface area contributed by atoms with Crippen LogP contribution in [0.5, 0.6) is 0 Å². The molecule has 0 amide bonds. The van der Waals surface area contributed by atoms with Gasteiger partial charge in [-0.05, 0) is 37.1 Å². The van der Waals surface area contributed by atoms with Crippen LogP contribution in [0.1, 0.15) is 83.1 Å². The number of hydrogen-bond donors (Lipinski definition) is 0. The molecule has 3 heteroatoms. The molecular formula is C27H36F2O. The lowest BCUT2D eigenvalue weighted by Gasteiger charge is -2.30. The van der Waals surface area contributed by atoms with Crippen molar-refractivity contribution in [1.82, 2.24) is 0 Å². The topological polar surface area (TPSA) is 9.23 Å². The zero-order chi connectivity index (χ0) is 21.7. The Morgan fingerprint density at radius 2 is 1.50 bits per heavy atom. The molecule has 164 valence electrons. The molecular weight excluding hydrogens is 378 g/mol. The van der Waals surface area contributed by atoms with E-state index in [1.165, 1.54) is 58.1 Å². The largest absolute Gasteiger partial charge is 0.497 e. The number of hydrogen-bond acceptors (Lipinski definition) is 1. The van der Waals surface area contributed by atoms with E-state index in [2.05, 4.69) is 18.8 Å². The van der Waals surface area contributed by atoms with Gasteiger partial charge in [-0.15, -0.1) is 0 Å². The summed E-state index contributed by atoms with van der Waals surface area (Å²) in [6.07, 6.45) is 12.9. The maximum Gasteiger partial charge on any atom is 0.195 e. The highest BCUT2D eigenvalue weighted by molar-refractivity contribution is 5.50. The predicted octanol–water partition coefficient (Wildman–Crippen LogP) is 7.87. The van der Waals surface area contributed by atoms with Crippen molar-refractivity contribution in [2.24, 2.45) is 0 Å². The first-order valence-electron chi connectivity index (χ1n) is 11.5. The van der Waals surface area contributed by atoms with Gasteiger partial charge < -0.3 is 4.74 Å². The van der Waals surface area contributed by atoms with Gasteiger partial charge in [-0.2, -0.15) is 0 Å². The van der Waals surface area contributed by atoms with Crippen molar-refractivity contribution in [2.45, 2.75) is 89.4 Å². The minimum Gasteiger partial charge on any atom is -0.497 e. The van der Waals surface area contributed by atoms with Gasteiger partial charge in [0.25, 0.3) is 0 Å². The Hall–Kier alpha value is -2.08. The van der Waals surface area contributed by atoms with E-state index < -0.39 is 11.8 Å². The average molecular weight is 415 g/mol. The molecule has 2 atom stereocenters. The van der Waals surface area contributed by atoms with Crippen molar-refractivity contribution < 1.29 is 13.5 Å². The molecule has 0 bridgehead atoms. The van der Waals surface area contributed by atoms with Gasteiger partial charge in [0.2, 0.25) is 0 Å². The molecule has 0 saturated carbocycles. The van der Waals surface area contributed by atoms with Gasteiger partial charge in [-0.1, -0.05) is 94.8 Å². The highest BCUT2D eigenvalue weighted by atomic mass is 19.2. The summed E-state index contributed by atoms with van der Waals surface area (Å²) in [6.45, 7) is 2.23. The number of alkyl halides is 2. The molecule has 0 aliphatic heterocycles. The average Bonchev–Trinajstić information content (AvgIpc) is 2.77. The van der Waals surface area contributed by atoms with E-state index in [9.17, 15) is 4.39 Å². The molecule has 1 aromatic carbocycles. The summed E-state index contributed by atoms with van der Waals surface area (Å²) in [7, 11) is 1.38. The molecule has 0 aromatic heterocycles. The van der Waals surface area contributed by atoms with E-state index in [1.54, 1.807) is 6.08 Å². The molecule has 1 aliphatic carbocycles. The van der Waals surface area contributed by atoms with Gasteiger partial charge in [0, 0.05) is 5.56 Å². The predicted molar refractivity (Wildman–Crippen MR) is 122 cm³/mol. The third-order valence-corrected chi connectivity index (χ3v) is 5.69. The van der Waals surface area contributed by atoms with Crippen LogP contribution in [0.4, 0.5) is 8.78 Å². The van der Waals surface area contributed by atoms with Gasteiger partial charge in [-0.25, -0.2) is 8.78 Å². The van der Waals surface area contributed by atoms with Crippen molar-refractivity contribution in [3.8, 4) is 11.8 Å². The Morgan fingerprint density at radius 1 is 0.900 bits per heavy atom. The van der Waals surface area contributed by atoms with Crippen LogP contribution < -0.4 is 0 Å². The van der Waals surface area contributed by atoms with E-state index >= 15 is 4.39 Å². The normalized spacial score (nSPS) is 20.7. The number of unbranched alkanes of at least 4 members (excludes halogenated alkanes) is 9. The van der Waals surface area contributed by atoms with Crippen molar-refractivity contribution >= 4 is 0 Å². The Kier molecular flexibility index (Phi) is 10.7. The third-order valence-electron chi connectivity index (χ3n) is 5.69. The second-order valence-electron chi connectivity index (χ2n) is 8.15. The number of ether oxygens (including phenoxy) is 1. The lowest BCUT2D eigenvalue weighted by molar-refractivity contribution is 0.0620. The fourth-order valence-electron chi connectivity index (χ4n) is 3.81. The number of allylic oxidation sites excluding steroid dienone is 4. The Balaban J connectivity index is 1.80. The summed E-state index contributed by atoms with van der Waals surface area (Å²) in [4.78, 5) is 0. The first-order chi connectivity index (χ1) is 14.6. The summed E-state index contributed by atoms with van der Waals surface area (Å²) in [5.41, 5.74) is -0.777. The standard InChI is InChI=1S/C27H36F2O/c1-3-4-5-6-7-8-9-10-11-15-21-27(29)22-20-24(25(30-2)26(27)28)19-18-23-16-13-12-14-17-23/h12-14,16-17,20,22,26H,3-11,15,21H2,1-2H3. The molecule has 0 N–H and O–H groups in total. The lowest BCUT2D eigenvalue weighted by atomic mass is 9.86. The minimum absolute atomic E-state index is 0.00416. The summed E-state index contributed by atoms with van der Waals surface area (Å²) < 4.78 is 35.4. The molecule has 1 aromatic rings. The van der Waals surface area contributed by atoms with E-state index in [0.29, 0.717) is 12.0 Å². The van der Waals surface area contributed by atoms with Crippen molar-refractivity contribution in [3.05, 3.63) is 59.4 Å². The first kappa shape index (κ1) is 24.2. The van der Waals surface area contributed by atoms with Gasteiger partial charge in [-0.3, -0.25) is 0 Å². The zero-order valence-electron chi connectivity index (χ0n) is 18.6. The second-order valence-corrected chi connectivity index (χ2v) is 8.15. The number of rotatable bonds is 12. The van der Waals surface area contributed by atoms with Crippen molar-refractivity contribution in [1.29, 1.82) is 0 Å². The van der Waals surface area contributed by atoms with E-state index in [4.69, 9.17) is 4.74 Å². The van der Waals surface area contributed by atoms with Crippen LogP contribution >= 0.6 is 0 Å². The molecule has 2 rings (SSSR count). The number of benzene rings is 1. The molecule has 1 aliphatic rings. The number of methoxy groups -OCH3 is 1. The van der Waals surface area contributed by atoms with Crippen molar-refractivity contribution in [2.75, 3.05) is 7.11 Å². The van der Waals surface area contributed by atoms with Crippen LogP contribution in [0.15, 0.2) is 53.8 Å². The highest BCUT2D eigenvalue weighted by Crippen LogP contribution is 2.37. The molecule has 0 radical (unpaired) electrons. The highest BCUT2D eigenvalue weighted by Gasteiger charge is 2.43. The maximum absolute atomic E-state index is 15.3. The second kappa shape index (κ2) is 13.3. The SMILES string of the molecule is CCCCCCCCCCCCC1(F)C=CC(C#Cc2ccccc2)=C(OC)C1F. The van der Waals surface area contributed by atoms with Crippen LogP contribution in [0, 0.1) is 11.8 Å². The third kappa shape index (κ3) is 7.63. The van der Waals surface area contributed by atoms with E-state index in [-0.39, 0.29) is 12.2 Å². The summed E-state index contributed by atoms with van der Waals surface area (Å²) in [5, 5.41) is 0. The molecule has 1 nitrogen and oxygen atoms in total. The van der Waals surface area contributed by atoms with E-state index in [1.807, 2.05) is 30.3 Å². The minimum atomic E-state index is -2.01. The monoisotopic (exact) mass is 414 g/mol. The van der Waals surface area contributed by atoms with Gasteiger partial charge in [0.05, 0.1) is 12.7 Å². The lowest BCUT2D eigenvalue weighted by Crippen LogP contribution is -2.37. The fraction of sp³-hybridized carbons (Fsp3) is 0.556. The van der Waals surface area contributed by atoms with Gasteiger partial charge >= 0.3 is 0 Å². The molecule has 2 unspecified atom stereocenters. The molecule has 0 saturated heterocycles. The Bertz CT molecular complexity index is 741.